The number of nitro benzene ring substituents is 1. The van der Waals surface area contributed by atoms with E-state index in [0.29, 0.717) is 17.1 Å². The maximum absolute atomic E-state index is 12.8. The molecule has 0 fully saturated rings. The van der Waals surface area contributed by atoms with Gasteiger partial charge in [0.1, 0.15) is 5.82 Å². The molecule has 1 amide bonds. The van der Waals surface area contributed by atoms with E-state index in [9.17, 15) is 23.3 Å². The van der Waals surface area contributed by atoms with Gasteiger partial charge in [-0.25, -0.2) is 13.1 Å². The number of anilines is 1. The van der Waals surface area contributed by atoms with Crippen LogP contribution in [-0.4, -0.2) is 29.0 Å². The summed E-state index contributed by atoms with van der Waals surface area (Å²) in [6.45, 7) is 7.16. The monoisotopic (exact) mass is 392 g/mol. The van der Waals surface area contributed by atoms with Gasteiger partial charge in [0.25, 0.3) is 11.6 Å². The molecule has 1 aromatic heterocycles. The van der Waals surface area contributed by atoms with E-state index in [2.05, 4.69) is 10.4 Å². The Morgan fingerprint density at radius 1 is 1.30 bits per heavy atom. The zero-order valence-electron chi connectivity index (χ0n) is 15.4. The molecule has 0 saturated carbocycles. The summed E-state index contributed by atoms with van der Waals surface area (Å²) in [7, 11) is -3.29. The van der Waals surface area contributed by atoms with Gasteiger partial charge in [0, 0.05) is 22.8 Å². The van der Waals surface area contributed by atoms with Crippen molar-refractivity contribution >= 4 is 27.2 Å². The van der Waals surface area contributed by atoms with Crippen LogP contribution in [0.15, 0.2) is 18.2 Å². The highest BCUT2D eigenvalue weighted by Crippen LogP contribution is 2.34. The quantitative estimate of drug-likeness (QED) is 0.632. The van der Waals surface area contributed by atoms with Crippen LogP contribution < -0.4 is 5.32 Å². The van der Waals surface area contributed by atoms with Crippen LogP contribution in [0.5, 0.6) is 0 Å². The Balaban J connectivity index is 2.05. The van der Waals surface area contributed by atoms with E-state index >= 15 is 0 Å². The number of nitrogens with one attached hydrogen (secondary N) is 1. The zero-order chi connectivity index (χ0) is 20.1. The molecule has 1 aliphatic rings. The van der Waals surface area contributed by atoms with E-state index in [1.165, 1.54) is 25.1 Å². The van der Waals surface area contributed by atoms with Gasteiger partial charge in [-0.05, 0) is 33.8 Å². The van der Waals surface area contributed by atoms with Crippen LogP contribution in [0.4, 0.5) is 11.5 Å². The topological polar surface area (TPSA) is 124 Å². The molecule has 2 aromatic rings. The lowest BCUT2D eigenvalue weighted by Gasteiger charge is -2.23. The third-order valence-corrected chi connectivity index (χ3v) is 5.84. The number of rotatable bonds is 3. The average molecular weight is 392 g/mol. The molecule has 3 rings (SSSR count). The van der Waals surface area contributed by atoms with Crippen LogP contribution in [0.25, 0.3) is 0 Å². The molecule has 10 heteroatoms. The summed E-state index contributed by atoms with van der Waals surface area (Å²) in [5, 5.41) is 18.2. The Morgan fingerprint density at radius 3 is 2.56 bits per heavy atom. The largest absolute Gasteiger partial charge is 0.306 e. The number of sulfone groups is 1. The molecule has 0 bridgehead atoms. The van der Waals surface area contributed by atoms with E-state index in [-0.39, 0.29) is 28.3 Å². The lowest BCUT2D eigenvalue weighted by molar-refractivity contribution is -0.385. The van der Waals surface area contributed by atoms with Crippen LogP contribution in [0.2, 0.25) is 0 Å². The number of benzene rings is 1. The molecule has 0 spiro atoms. The highest BCUT2D eigenvalue weighted by atomic mass is 32.2. The molecule has 1 N–H and O–H groups in total. The second kappa shape index (κ2) is 6.15. The first-order valence-electron chi connectivity index (χ1n) is 8.28. The molecule has 27 heavy (non-hydrogen) atoms. The van der Waals surface area contributed by atoms with E-state index in [1.54, 1.807) is 4.68 Å². The van der Waals surface area contributed by atoms with Gasteiger partial charge in [0.15, 0.2) is 9.84 Å². The fourth-order valence-corrected chi connectivity index (χ4v) is 4.59. The fraction of sp³-hybridized carbons (Fsp3) is 0.412. The van der Waals surface area contributed by atoms with Crippen molar-refractivity contribution in [2.45, 2.75) is 44.7 Å². The third kappa shape index (κ3) is 3.44. The van der Waals surface area contributed by atoms with Crippen molar-refractivity contribution in [1.82, 2.24) is 9.78 Å². The number of nitro groups is 1. The minimum atomic E-state index is -3.29. The number of amides is 1. The first-order chi connectivity index (χ1) is 12.4. The van der Waals surface area contributed by atoms with Crippen molar-refractivity contribution in [1.29, 1.82) is 0 Å². The normalized spacial score (nSPS) is 15.4. The van der Waals surface area contributed by atoms with Gasteiger partial charge in [-0.1, -0.05) is 6.07 Å². The number of carbonyl (C=O) groups is 1. The van der Waals surface area contributed by atoms with Gasteiger partial charge >= 0.3 is 0 Å². The van der Waals surface area contributed by atoms with Crippen molar-refractivity contribution in [2.75, 3.05) is 5.32 Å². The van der Waals surface area contributed by atoms with Crippen molar-refractivity contribution in [3.05, 3.63) is 50.7 Å². The zero-order valence-corrected chi connectivity index (χ0v) is 16.3. The van der Waals surface area contributed by atoms with E-state index in [0.717, 1.165) is 0 Å². The van der Waals surface area contributed by atoms with Crippen LogP contribution in [0.1, 0.15) is 48.0 Å². The molecular weight excluding hydrogens is 372 g/mol. The molecule has 9 nitrogen and oxygen atoms in total. The van der Waals surface area contributed by atoms with Crippen LogP contribution in [0.3, 0.4) is 0 Å². The molecule has 2 heterocycles. The number of aromatic nitrogens is 2. The predicted octanol–water partition coefficient (Wildman–Crippen LogP) is 2.54. The van der Waals surface area contributed by atoms with Crippen molar-refractivity contribution in [3.63, 3.8) is 0 Å². The number of hydrogen-bond acceptors (Lipinski definition) is 6. The van der Waals surface area contributed by atoms with Crippen molar-refractivity contribution in [2.24, 2.45) is 0 Å². The Hall–Kier alpha value is -2.75. The summed E-state index contributed by atoms with van der Waals surface area (Å²) in [6, 6.07) is 4.26. The summed E-state index contributed by atoms with van der Waals surface area (Å²) in [5.74, 6) is -0.588. The van der Waals surface area contributed by atoms with E-state index in [4.69, 9.17) is 0 Å². The first-order valence-corrected chi connectivity index (χ1v) is 10.1. The number of nitrogens with zero attached hydrogens (tertiary/aromatic N) is 3. The minimum absolute atomic E-state index is 0.153. The summed E-state index contributed by atoms with van der Waals surface area (Å²) in [4.78, 5) is 23.4. The van der Waals surface area contributed by atoms with Crippen LogP contribution in [0, 0.1) is 17.0 Å². The summed E-state index contributed by atoms with van der Waals surface area (Å²) in [6.07, 6.45) is 0. The molecule has 0 atom stereocenters. The molecule has 1 aromatic carbocycles. The Bertz CT molecular complexity index is 1060. The second-order valence-corrected chi connectivity index (χ2v) is 9.61. The molecule has 0 saturated heterocycles. The molecule has 0 unspecified atom stereocenters. The van der Waals surface area contributed by atoms with Gasteiger partial charge in [-0.3, -0.25) is 14.9 Å². The van der Waals surface area contributed by atoms with Crippen molar-refractivity contribution < 1.29 is 18.1 Å². The summed E-state index contributed by atoms with van der Waals surface area (Å²) < 4.78 is 25.5. The lowest BCUT2D eigenvalue weighted by atomic mass is 10.1. The molecule has 0 aliphatic carbocycles. The Morgan fingerprint density at radius 2 is 1.96 bits per heavy atom. The first kappa shape index (κ1) is 19.0. The van der Waals surface area contributed by atoms with Gasteiger partial charge in [0.2, 0.25) is 0 Å². The smallest absolute Gasteiger partial charge is 0.273 e. The average Bonchev–Trinajstić information content (AvgIpc) is 3.00. The Labute approximate surface area is 156 Å². The van der Waals surface area contributed by atoms with E-state index in [1.807, 2.05) is 20.8 Å². The van der Waals surface area contributed by atoms with Gasteiger partial charge in [0.05, 0.1) is 27.7 Å². The van der Waals surface area contributed by atoms with Crippen molar-refractivity contribution in [3.8, 4) is 0 Å². The van der Waals surface area contributed by atoms with Gasteiger partial charge < -0.3 is 5.32 Å². The van der Waals surface area contributed by atoms with E-state index < -0.39 is 26.2 Å². The fourth-order valence-electron chi connectivity index (χ4n) is 3.10. The summed E-state index contributed by atoms with van der Waals surface area (Å²) >= 11 is 0. The second-order valence-electron chi connectivity index (χ2n) is 7.55. The maximum atomic E-state index is 12.8. The maximum Gasteiger partial charge on any atom is 0.273 e. The molecule has 1 aliphatic heterocycles. The van der Waals surface area contributed by atoms with Gasteiger partial charge in [-0.2, -0.15) is 5.10 Å². The lowest BCUT2D eigenvalue weighted by Crippen LogP contribution is -2.28. The molecular formula is C17H20N4O5S. The number of carbonyl (C=O) groups excluding carboxylic acids is 1. The van der Waals surface area contributed by atoms with Crippen LogP contribution >= 0.6 is 0 Å². The molecule has 144 valence electrons. The van der Waals surface area contributed by atoms with Gasteiger partial charge in [-0.15, -0.1) is 0 Å². The SMILES string of the molecule is Cc1c(C(=O)Nc2c3c(nn2C(C)(C)C)CS(=O)(=O)C3)cccc1[N+](=O)[O-]. The highest BCUT2D eigenvalue weighted by Gasteiger charge is 2.35. The third-order valence-electron chi connectivity index (χ3n) is 4.40. The Kier molecular flexibility index (Phi) is 4.34. The predicted molar refractivity (Wildman–Crippen MR) is 99.3 cm³/mol. The molecule has 0 radical (unpaired) electrons. The summed E-state index contributed by atoms with van der Waals surface area (Å²) in [5.41, 5.74) is 0.651. The number of fused-ring (bicyclic) bond motifs is 1. The standard InChI is InChI=1S/C17H20N4O5S/c1-10-11(6-5-7-14(10)21(23)24)16(22)18-15-12-8-27(25,26)9-13(12)19-20(15)17(2,3)4/h5-7H,8-9H2,1-4H3,(H,18,22). The minimum Gasteiger partial charge on any atom is -0.306 e. The number of hydrogen-bond donors (Lipinski definition) is 1. The highest BCUT2D eigenvalue weighted by molar-refractivity contribution is 7.90. The van der Waals surface area contributed by atoms with Crippen LogP contribution in [-0.2, 0) is 26.9 Å².